The van der Waals surface area contributed by atoms with Gasteiger partial charge in [-0.3, -0.25) is 0 Å². The second-order valence-corrected chi connectivity index (χ2v) is 5.10. The molecule has 0 aromatic carbocycles. The number of ether oxygens (including phenoxy) is 1. The van der Waals surface area contributed by atoms with Gasteiger partial charge in [-0.05, 0) is 26.2 Å². The molecular weight excluding hydrogens is 212 g/mol. The Bertz CT molecular complexity index is 159. The predicted molar refractivity (Wildman–Crippen MR) is 74.3 cm³/mol. The lowest BCUT2D eigenvalue weighted by atomic mass is 10.1. The first-order valence-electron chi connectivity index (χ1n) is 7.49. The average molecular weight is 244 g/mol. The molecular formula is C15H32O2. The van der Waals surface area contributed by atoms with E-state index in [4.69, 9.17) is 4.74 Å². The lowest BCUT2D eigenvalue weighted by molar-refractivity contribution is -0.0771. The van der Waals surface area contributed by atoms with Gasteiger partial charge in [-0.1, -0.05) is 52.9 Å². The molecule has 104 valence electrons. The maximum atomic E-state index is 9.94. The zero-order valence-corrected chi connectivity index (χ0v) is 12.2. The Morgan fingerprint density at radius 3 is 2.18 bits per heavy atom. The van der Waals surface area contributed by atoms with Gasteiger partial charge in [-0.15, -0.1) is 0 Å². The van der Waals surface area contributed by atoms with E-state index in [0.29, 0.717) is 0 Å². The van der Waals surface area contributed by atoms with Gasteiger partial charge >= 0.3 is 0 Å². The summed E-state index contributed by atoms with van der Waals surface area (Å²) in [5.41, 5.74) is 0. The summed E-state index contributed by atoms with van der Waals surface area (Å²) in [5.74, 6) is 0. The maximum absolute atomic E-state index is 9.94. The Kier molecular flexibility index (Phi) is 11.0. The third-order valence-electron chi connectivity index (χ3n) is 3.29. The topological polar surface area (TPSA) is 29.5 Å². The van der Waals surface area contributed by atoms with Crippen LogP contribution in [-0.4, -0.2) is 23.4 Å². The van der Waals surface area contributed by atoms with Crippen LogP contribution in [0.2, 0.25) is 0 Å². The molecule has 0 amide bonds. The minimum Gasteiger partial charge on any atom is -0.390 e. The van der Waals surface area contributed by atoms with Crippen molar-refractivity contribution >= 4 is 0 Å². The second kappa shape index (κ2) is 11.0. The molecule has 2 nitrogen and oxygen atoms in total. The molecule has 0 rings (SSSR count). The van der Waals surface area contributed by atoms with Gasteiger partial charge in [0.05, 0.1) is 18.3 Å². The number of hydrogen-bond donors (Lipinski definition) is 1. The maximum Gasteiger partial charge on any atom is 0.0834 e. The van der Waals surface area contributed by atoms with E-state index in [1.165, 1.54) is 25.7 Å². The molecule has 2 heteroatoms. The highest BCUT2D eigenvalue weighted by Gasteiger charge is 2.19. The van der Waals surface area contributed by atoms with Crippen molar-refractivity contribution in [2.45, 2.75) is 97.4 Å². The smallest absolute Gasteiger partial charge is 0.0834 e. The van der Waals surface area contributed by atoms with Gasteiger partial charge in [-0.2, -0.15) is 0 Å². The number of unbranched alkanes of at least 4 members (excludes halogenated alkanes) is 3. The van der Waals surface area contributed by atoms with Crippen LogP contribution in [0.25, 0.3) is 0 Å². The Labute approximate surface area is 108 Å². The normalized spacial score (nSPS) is 16.8. The molecule has 0 aliphatic carbocycles. The SMILES string of the molecule is CCCCCCC(C)OC(CC)C(O)CCC. The van der Waals surface area contributed by atoms with Crippen molar-refractivity contribution in [1.29, 1.82) is 0 Å². The lowest BCUT2D eigenvalue weighted by Crippen LogP contribution is -2.31. The first-order chi connectivity index (χ1) is 8.15. The highest BCUT2D eigenvalue weighted by molar-refractivity contribution is 4.69. The van der Waals surface area contributed by atoms with Crippen molar-refractivity contribution in [3.8, 4) is 0 Å². The Morgan fingerprint density at radius 1 is 0.941 bits per heavy atom. The molecule has 0 aromatic rings. The van der Waals surface area contributed by atoms with Crippen molar-refractivity contribution in [2.75, 3.05) is 0 Å². The van der Waals surface area contributed by atoms with E-state index in [2.05, 4.69) is 27.7 Å². The molecule has 0 aliphatic rings. The van der Waals surface area contributed by atoms with Crippen LogP contribution < -0.4 is 0 Å². The van der Waals surface area contributed by atoms with Crippen LogP contribution in [0.4, 0.5) is 0 Å². The van der Waals surface area contributed by atoms with E-state index in [0.717, 1.165) is 25.7 Å². The van der Waals surface area contributed by atoms with Crippen molar-refractivity contribution in [1.82, 2.24) is 0 Å². The molecule has 0 aliphatic heterocycles. The van der Waals surface area contributed by atoms with Crippen molar-refractivity contribution < 1.29 is 9.84 Å². The molecule has 0 bridgehead atoms. The fraction of sp³-hybridized carbons (Fsp3) is 1.00. The Morgan fingerprint density at radius 2 is 1.65 bits per heavy atom. The van der Waals surface area contributed by atoms with E-state index in [1.54, 1.807) is 0 Å². The van der Waals surface area contributed by atoms with Crippen LogP contribution in [0, 0.1) is 0 Å². The van der Waals surface area contributed by atoms with Crippen LogP contribution in [0.3, 0.4) is 0 Å². The van der Waals surface area contributed by atoms with Crippen LogP contribution in [-0.2, 0) is 4.74 Å². The Balaban J connectivity index is 3.77. The molecule has 0 heterocycles. The monoisotopic (exact) mass is 244 g/mol. The molecule has 1 N–H and O–H groups in total. The minimum absolute atomic E-state index is 0.0242. The summed E-state index contributed by atoms with van der Waals surface area (Å²) in [7, 11) is 0. The lowest BCUT2D eigenvalue weighted by Gasteiger charge is -2.25. The highest BCUT2D eigenvalue weighted by atomic mass is 16.5. The average Bonchev–Trinajstić information content (AvgIpc) is 2.32. The van der Waals surface area contributed by atoms with Crippen molar-refractivity contribution in [3.05, 3.63) is 0 Å². The number of rotatable bonds is 11. The summed E-state index contributed by atoms with van der Waals surface area (Å²) in [6.45, 7) is 8.55. The van der Waals surface area contributed by atoms with Gasteiger partial charge < -0.3 is 9.84 Å². The quantitative estimate of drug-likeness (QED) is 0.549. The highest BCUT2D eigenvalue weighted by Crippen LogP contribution is 2.15. The molecule has 17 heavy (non-hydrogen) atoms. The summed E-state index contributed by atoms with van der Waals surface area (Å²) in [5, 5.41) is 9.94. The van der Waals surface area contributed by atoms with Crippen molar-refractivity contribution in [3.63, 3.8) is 0 Å². The van der Waals surface area contributed by atoms with Gasteiger partial charge in [0.25, 0.3) is 0 Å². The van der Waals surface area contributed by atoms with Crippen molar-refractivity contribution in [2.24, 2.45) is 0 Å². The summed E-state index contributed by atoms with van der Waals surface area (Å²) >= 11 is 0. The molecule has 3 atom stereocenters. The fourth-order valence-corrected chi connectivity index (χ4v) is 2.17. The molecule has 0 fully saturated rings. The number of aliphatic hydroxyl groups excluding tert-OH is 1. The first-order valence-corrected chi connectivity index (χ1v) is 7.49. The standard InChI is InChI=1S/C15H32O2/c1-5-8-9-10-12-13(4)17-15(7-3)14(16)11-6-2/h13-16H,5-12H2,1-4H3. The molecule has 0 spiro atoms. The van der Waals surface area contributed by atoms with Crippen LogP contribution in [0.5, 0.6) is 0 Å². The zero-order valence-electron chi connectivity index (χ0n) is 12.2. The largest absolute Gasteiger partial charge is 0.390 e. The summed E-state index contributed by atoms with van der Waals surface area (Å²) in [4.78, 5) is 0. The second-order valence-electron chi connectivity index (χ2n) is 5.10. The number of aliphatic hydroxyl groups is 1. The third-order valence-corrected chi connectivity index (χ3v) is 3.29. The molecule has 0 saturated carbocycles. The Hall–Kier alpha value is -0.0800. The molecule has 0 aromatic heterocycles. The van der Waals surface area contributed by atoms with Gasteiger partial charge in [0.2, 0.25) is 0 Å². The third kappa shape index (κ3) is 8.62. The summed E-state index contributed by atoms with van der Waals surface area (Å²) < 4.78 is 5.94. The van der Waals surface area contributed by atoms with Crippen LogP contribution >= 0.6 is 0 Å². The molecule has 3 unspecified atom stereocenters. The fourth-order valence-electron chi connectivity index (χ4n) is 2.17. The summed E-state index contributed by atoms with van der Waals surface area (Å²) in [6.07, 6.45) is 9.06. The van der Waals surface area contributed by atoms with E-state index >= 15 is 0 Å². The predicted octanol–water partition coefficient (Wildman–Crippen LogP) is 4.30. The van der Waals surface area contributed by atoms with E-state index in [1.807, 2.05) is 0 Å². The zero-order chi connectivity index (χ0) is 13.1. The summed E-state index contributed by atoms with van der Waals surface area (Å²) in [6, 6.07) is 0. The van der Waals surface area contributed by atoms with Gasteiger partial charge in [0.15, 0.2) is 0 Å². The first kappa shape index (κ1) is 16.9. The van der Waals surface area contributed by atoms with Gasteiger partial charge in [-0.25, -0.2) is 0 Å². The van der Waals surface area contributed by atoms with E-state index in [-0.39, 0.29) is 18.3 Å². The van der Waals surface area contributed by atoms with E-state index < -0.39 is 0 Å². The van der Waals surface area contributed by atoms with E-state index in [9.17, 15) is 5.11 Å². The minimum atomic E-state index is -0.289. The van der Waals surface area contributed by atoms with Gasteiger partial charge in [0.1, 0.15) is 0 Å². The molecule has 0 saturated heterocycles. The van der Waals surface area contributed by atoms with Gasteiger partial charge in [0, 0.05) is 0 Å². The number of hydrogen-bond acceptors (Lipinski definition) is 2. The molecule has 0 radical (unpaired) electrons. The van der Waals surface area contributed by atoms with Crippen LogP contribution in [0.1, 0.15) is 79.1 Å². The van der Waals surface area contributed by atoms with Crippen LogP contribution in [0.15, 0.2) is 0 Å².